The maximum Gasteiger partial charge on any atom is 0.0540 e. The number of nitrogens with zero attached hydrogens (tertiary/aromatic N) is 2. The van der Waals surface area contributed by atoms with Crippen molar-refractivity contribution in [2.45, 2.75) is 19.4 Å². The number of hydrogen-bond donors (Lipinski definition) is 2. The topological polar surface area (TPSA) is 55.9 Å². The van der Waals surface area contributed by atoms with Gasteiger partial charge in [-0.1, -0.05) is 30.3 Å². The van der Waals surface area contributed by atoms with Crippen molar-refractivity contribution in [3.05, 3.63) is 53.3 Å². The second kappa shape index (κ2) is 5.12. The van der Waals surface area contributed by atoms with Gasteiger partial charge in [-0.3, -0.25) is 16.0 Å². The number of nitrogens with two attached hydrogens (primary N) is 1. The summed E-state index contributed by atoms with van der Waals surface area (Å²) >= 11 is 0. The highest BCUT2D eigenvalue weighted by Gasteiger charge is 2.15. The molecule has 1 aromatic heterocycles. The van der Waals surface area contributed by atoms with Crippen molar-refractivity contribution in [2.75, 3.05) is 0 Å². The molecule has 2 aromatic rings. The van der Waals surface area contributed by atoms with Crippen LogP contribution in [-0.2, 0) is 13.5 Å². The molecule has 1 unspecified atom stereocenters. The lowest BCUT2D eigenvalue weighted by Gasteiger charge is -2.15. The normalized spacial score (nSPS) is 12.6. The van der Waals surface area contributed by atoms with E-state index in [2.05, 4.69) is 29.6 Å². The Kier molecular flexibility index (Phi) is 3.56. The molecule has 4 heteroatoms. The standard InChI is InChI=1S/C13H18N4/c1-10-12(9-15-17(10)2)13(16-14)8-11-6-4-3-5-7-11/h3-7,9,13,16H,8,14H2,1-2H3. The zero-order valence-electron chi connectivity index (χ0n) is 10.2. The van der Waals surface area contributed by atoms with E-state index in [-0.39, 0.29) is 6.04 Å². The molecule has 4 nitrogen and oxygen atoms in total. The highest BCUT2D eigenvalue weighted by atomic mass is 15.3. The van der Waals surface area contributed by atoms with Gasteiger partial charge in [-0.25, -0.2) is 0 Å². The van der Waals surface area contributed by atoms with Gasteiger partial charge in [-0.05, 0) is 18.9 Å². The Balaban J connectivity index is 2.20. The predicted octanol–water partition coefficient (Wildman–Crippen LogP) is 1.48. The van der Waals surface area contributed by atoms with Crippen molar-refractivity contribution in [1.29, 1.82) is 0 Å². The van der Waals surface area contributed by atoms with E-state index in [1.165, 1.54) is 5.56 Å². The fourth-order valence-electron chi connectivity index (χ4n) is 1.97. The Morgan fingerprint density at radius 2 is 2.06 bits per heavy atom. The van der Waals surface area contributed by atoms with E-state index in [0.717, 1.165) is 17.7 Å². The lowest BCUT2D eigenvalue weighted by Crippen LogP contribution is -2.29. The summed E-state index contributed by atoms with van der Waals surface area (Å²) in [6.45, 7) is 2.05. The van der Waals surface area contributed by atoms with Gasteiger partial charge in [-0.2, -0.15) is 5.10 Å². The van der Waals surface area contributed by atoms with E-state index in [4.69, 9.17) is 5.84 Å². The summed E-state index contributed by atoms with van der Waals surface area (Å²) in [5, 5.41) is 4.25. The second-order valence-electron chi connectivity index (χ2n) is 4.22. The van der Waals surface area contributed by atoms with E-state index in [0.29, 0.717) is 0 Å². The van der Waals surface area contributed by atoms with Crippen LogP contribution in [0.4, 0.5) is 0 Å². The highest BCUT2D eigenvalue weighted by Crippen LogP contribution is 2.20. The van der Waals surface area contributed by atoms with Crippen LogP contribution < -0.4 is 11.3 Å². The first-order valence-electron chi connectivity index (χ1n) is 5.71. The van der Waals surface area contributed by atoms with Gasteiger partial charge < -0.3 is 0 Å². The molecule has 1 heterocycles. The average molecular weight is 230 g/mol. The van der Waals surface area contributed by atoms with Crippen LogP contribution in [0.15, 0.2) is 36.5 Å². The quantitative estimate of drug-likeness (QED) is 0.618. The molecule has 0 aliphatic rings. The maximum absolute atomic E-state index is 5.64. The zero-order valence-corrected chi connectivity index (χ0v) is 10.2. The van der Waals surface area contributed by atoms with Crippen LogP contribution in [0.2, 0.25) is 0 Å². The van der Waals surface area contributed by atoms with Crippen molar-refractivity contribution in [3.63, 3.8) is 0 Å². The molecule has 90 valence electrons. The van der Waals surface area contributed by atoms with Gasteiger partial charge in [0, 0.05) is 18.3 Å². The number of hydrogen-bond acceptors (Lipinski definition) is 3. The van der Waals surface area contributed by atoms with Crippen LogP contribution in [-0.4, -0.2) is 9.78 Å². The average Bonchev–Trinajstić information content (AvgIpc) is 2.69. The molecule has 0 radical (unpaired) electrons. The fourth-order valence-corrected chi connectivity index (χ4v) is 1.97. The van der Waals surface area contributed by atoms with Gasteiger partial charge in [0.25, 0.3) is 0 Å². The third-order valence-electron chi connectivity index (χ3n) is 3.13. The van der Waals surface area contributed by atoms with Gasteiger partial charge >= 0.3 is 0 Å². The molecule has 0 bridgehead atoms. The van der Waals surface area contributed by atoms with E-state index in [1.54, 1.807) is 0 Å². The van der Waals surface area contributed by atoms with E-state index >= 15 is 0 Å². The molecule has 0 saturated heterocycles. The SMILES string of the molecule is Cc1c(C(Cc2ccccc2)NN)cnn1C. The molecule has 1 aromatic carbocycles. The smallest absolute Gasteiger partial charge is 0.0540 e. The van der Waals surface area contributed by atoms with Crippen LogP contribution in [0.3, 0.4) is 0 Å². The highest BCUT2D eigenvalue weighted by molar-refractivity contribution is 5.24. The Labute approximate surface area is 101 Å². The number of nitrogens with one attached hydrogen (secondary N) is 1. The van der Waals surface area contributed by atoms with Crippen LogP contribution in [0.5, 0.6) is 0 Å². The lowest BCUT2D eigenvalue weighted by atomic mass is 10.0. The molecule has 1 atom stereocenters. The molecule has 0 aliphatic carbocycles. The molecule has 2 rings (SSSR count). The van der Waals surface area contributed by atoms with Gasteiger partial charge in [0.1, 0.15) is 0 Å². The number of rotatable bonds is 4. The van der Waals surface area contributed by atoms with Crippen molar-refractivity contribution < 1.29 is 0 Å². The summed E-state index contributed by atoms with van der Waals surface area (Å²) in [4.78, 5) is 0. The monoisotopic (exact) mass is 230 g/mol. The van der Waals surface area contributed by atoms with Crippen molar-refractivity contribution in [2.24, 2.45) is 12.9 Å². The zero-order chi connectivity index (χ0) is 12.3. The Hall–Kier alpha value is -1.65. The minimum Gasteiger partial charge on any atom is -0.273 e. The molecule has 0 aliphatic heterocycles. The van der Waals surface area contributed by atoms with Gasteiger partial charge in [0.2, 0.25) is 0 Å². The van der Waals surface area contributed by atoms with Gasteiger partial charge in [0.15, 0.2) is 0 Å². The molecule has 17 heavy (non-hydrogen) atoms. The first kappa shape index (κ1) is 11.8. The maximum atomic E-state index is 5.64. The first-order valence-corrected chi connectivity index (χ1v) is 5.71. The number of benzene rings is 1. The van der Waals surface area contributed by atoms with E-state index < -0.39 is 0 Å². The first-order chi connectivity index (χ1) is 8.22. The third kappa shape index (κ3) is 2.54. The summed E-state index contributed by atoms with van der Waals surface area (Å²) in [7, 11) is 1.94. The van der Waals surface area contributed by atoms with E-state index in [1.807, 2.05) is 36.1 Å². The molecular weight excluding hydrogens is 212 g/mol. The van der Waals surface area contributed by atoms with Crippen molar-refractivity contribution >= 4 is 0 Å². The molecular formula is C13H18N4. The number of aryl methyl sites for hydroxylation is 1. The minimum atomic E-state index is 0.103. The van der Waals surface area contributed by atoms with Crippen LogP contribution in [0, 0.1) is 6.92 Å². The molecule has 0 fully saturated rings. The fraction of sp³-hybridized carbons (Fsp3) is 0.308. The van der Waals surface area contributed by atoms with E-state index in [9.17, 15) is 0 Å². The van der Waals surface area contributed by atoms with Crippen LogP contribution in [0.25, 0.3) is 0 Å². The largest absolute Gasteiger partial charge is 0.273 e. The molecule has 3 N–H and O–H groups in total. The summed E-state index contributed by atoms with van der Waals surface area (Å²) in [5.41, 5.74) is 6.42. The van der Waals surface area contributed by atoms with Crippen LogP contribution >= 0.6 is 0 Å². The van der Waals surface area contributed by atoms with Crippen molar-refractivity contribution in [1.82, 2.24) is 15.2 Å². The minimum absolute atomic E-state index is 0.103. The number of aromatic nitrogens is 2. The summed E-state index contributed by atoms with van der Waals surface area (Å²) in [6.07, 6.45) is 2.74. The Morgan fingerprint density at radius 1 is 1.35 bits per heavy atom. The third-order valence-corrected chi connectivity index (χ3v) is 3.13. The van der Waals surface area contributed by atoms with Crippen molar-refractivity contribution in [3.8, 4) is 0 Å². The Bertz CT molecular complexity index is 475. The summed E-state index contributed by atoms with van der Waals surface area (Å²) in [5.74, 6) is 5.64. The van der Waals surface area contributed by atoms with Gasteiger partial charge in [-0.15, -0.1) is 0 Å². The second-order valence-corrected chi connectivity index (χ2v) is 4.22. The Morgan fingerprint density at radius 3 is 2.59 bits per heavy atom. The lowest BCUT2D eigenvalue weighted by molar-refractivity contribution is 0.548. The van der Waals surface area contributed by atoms with Gasteiger partial charge in [0.05, 0.1) is 12.2 Å². The molecule has 0 saturated carbocycles. The summed E-state index contributed by atoms with van der Waals surface area (Å²) in [6, 6.07) is 10.4. The molecule has 0 spiro atoms. The predicted molar refractivity (Wildman–Crippen MR) is 68.2 cm³/mol. The summed E-state index contributed by atoms with van der Waals surface area (Å²) < 4.78 is 1.87. The number of hydrazine groups is 1. The molecule has 0 amide bonds. The van der Waals surface area contributed by atoms with Crippen LogP contribution in [0.1, 0.15) is 22.9 Å².